The molecule has 0 aliphatic carbocycles. The number of carbonyl (C=O) groups is 1. The average Bonchev–Trinajstić information content (AvgIpc) is 2.49. The van der Waals surface area contributed by atoms with Crippen LogP contribution in [0.5, 0.6) is 0 Å². The van der Waals surface area contributed by atoms with E-state index in [9.17, 15) is 4.79 Å². The molecule has 0 N–H and O–H groups in total. The fourth-order valence-corrected chi connectivity index (χ4v) is 2.19. The molecule has 0 unspecified atom stereocenters. The predicted molar refractivity (Wildman–Crippen MR) is 73.9 cm³/mol. The summed E-state index contributed by atoms with van der Waals surface area (Å²) in [6, 6.07) is 19.7. The van der Waals surface area contributed by atoms with Crippen molar-refractivity contribution in [3.8, 4) is 0 Å². The Morgan fingerprint density at radius 2 is 1.37 bits per heavy atom. The Morgan fingerprint density at radius 3 is 1.74 bits per heavy atom. The zero-order chi connectivity index (χ0) is 13.7. The van der Waals surface area contributed by atoms with Gasteiger partial charge in [0.05, 0.1) is 0 Å². The third-order valence-corrected chi connectivity index (χ3v) is 3.48. The molecular formula is C17H14MnO. The minimum absolute atomic E-state index is 0.0641. The average molecular weight is 289 g/mol. The first-order chi connectivity index (χ1) is 9.24. The molecule has 0 spiro atoms. The van der Waals surface area contributed by atoms with E-state index in [1.165, 1.54) is 0 Å². The molecule has 0 saturated heterocycles. The number of benzene rings is 2. The van der Waals surface area contributed by atoms with Gasteiger partial charge in [-0.25, -0.2) is 0 Å². The minimum atomic E-state index is -0.271. The van der Waals surface area contributed by atoms with Gasteiger partial charge in [0.1, 0.15) is 0 Å². The summed E-state index contributed by atoms with van der Waals surface area (Å²) in [5, 5.41) is 0. The van der Waals surface area contributed by atoms with Gasteiger partial charge in [-0.3, -0.25) is 0 Å². The molecule has 2 aromatic carbocycles. The van der Waals surface area contributed by atoms with Gasteiger partial charge in [0.2, 0.25) is 0 Å². The Balaban J connectivity index is 2.52. The Labute approximate surface area is 121 Å². The number of hydrogen-bond acceptors (Lipinski definition) is 1. The van der Waals surface area contributed by atoms with Crippen molar-refractivity contribution < 1.29 is 20.4 Å². The molecule has 0 bridgehead atoms. The molecule has 0 aliphatic rings. The van der Waals surface area contributed by atoms with E-state index in [0.29, 0.717) is 5.57 Å². The first-order valence-corrected chi connectivity index (χ1v) is 6.67. The molecule has 19 heavy (non-hydrogen) atoms. The molecule has 0 atom stereocenters. The normalized spacial score (nSPS) is 10.0. The van der Waals surface area contributed by atoms with Gasteiger partial charge in [-0.15, -0.1) is 0 Å². The predicted octanol–water partition coefficient (Wildman–Crippen LogP) is 3.28. The Hall–Kier alpha value is -1.72. The van der Waals surface area contributed by atoms with E-state index in [1.54, 1.807) is 6.92 Å². The van der Waals surface area contributed by atoms with Crippen LogP contribution < -0.4 is 0 Å². The second kappa shape index (κ2) is 6.45. The second-order valence-corrected chi connectivity index (χ2v) is 4.63. The summed E-state index contributed by atoms with van der Waals surface area (Å²) in [7, 11) is 0. The van der Waals surface area contributed by atoms with Crippen molar-refractivity contribution in [1.82, 2.24) is 0 Å². The van der Waals surface area contributed by atoms with Crippen molar-refractivity contribution in [1.29, 1.82) is 0 Å². The van der Waals surface area contributed by atoms with Crippen LogP contribution >= 0.6 is 0 Å². The van der Waals surface area contributed by atoms with Crippen LogP contribution in [-0.4, -0.2) is 10.4 Å². The molecule has 0 heterocycles. The first kappa shape index (κ1) is 13.7. The van der Waals surface area contributed by atoms with Crippen LogP contribution in [-0.2, 0) is 20.4 Å². The van der Waals surface area contributed by atoms with Gasteiger partial charge in [-0.05, 0) is 0 Å². The first-order valence-electron chi connectivity index (χ1n) is 6.08. The maximum atomic E-state index is 12.5. The van der Waals surface area contributed by atoms with Crippen molar-refractivity contribution in [2.24, 2.45) is 0 Å². The van der Waals surface area contributed by atoms with E-state index in [1.807, 2.05) is 60.7 Å². The van der Waals surface area contributed by atoms with Crippen molar-refractivity contribution >= 4 is 10.4 Å². The van der Waals surface area contributed by atoms with Gasteiger partial charge in [0, 0.05) is 0 Å². The van der Waals surface area contributed by atoms with Gasteiger partial charge in [-0.2, -0.15) is 0 Å². The topological polar surface area (TPSA) is 17.1 Å². The summed E-state index contributed by atoms with van der Waals surface area (Å²) in [6.45, 7) is 1.77. The van der Waals surface area contributed by atoms with Crippen LogP contribution in [0.4, 0.5) is 0 Å². The number of rotatable bonds is 4. The number of Topliss-reactive ketones (excluding diaryl/α,β-unsaturated/α-hetero) is 1. The van der Waals surface area contributed by atoms with E-state index in [4.69, 9.17) is 0 Å². The summed E-state index contributed by atoms with van der Waals surface area (Å²) in [5.74, 6) is -0.207. The fourth-order valence-electron chi connectivity index (χ4n) is 2.05. The molecule has 95 valence electrons. The molecule has 0 saturated carbocycles. The number of carbonyl (C=O) groups excluding carboxylic acids is 1. The number of hydrogen-bond donors (Lipinski definition) is 0. The van der Waals surface area contributed by atoms with Crippen molar-refractivity contribution in [3.05, 3.63) is 77.4 Å². The van der Waals surface area contributed by atoms with Crippen LogP contribution in [0.15, 0.2) is 66.2 Å². The monoisotopic (exact) mass is 289 g/mol. The summed E-state index contributed by atoms with van der Waals surface area (Å²) >= 11 is 3.12. The zero-order valence-electron chi connectivity index (χ0n) is 10.6. The Bertz CT molecular complexity index is 571. The van der Waals surface area contributed by atoms with Crippen LogP contribution in [0.3, 0.4) is 0 Å². The molecule has 0 radical (unpaired) electrons. The summed E-state index contributed by atoms with van der Waals surface area (Å²) in [4.78, 5) is 12.5. The Morgan fingerprint density at radius 1 is 0.947 bits per heavy atom. The summed E-state index contributed by atoms with van der Waals surface area (Å²) in [6.07, 6.45) is 0. The zero-order valence-corrected chi connectivity index (χ0v) is 11.8. The van der Waals surface area contributed by atoms with E-state index in [-0.39, 0.29) is 11.7 Å². The SMILES string of the molecule is CC(=[C]=[Mn])C(=O)C(c1ccccc1)c1ccccc1. The van der Waals surface area contributed by atoms with Gasteiger partial charge >= 0.3 is 121 Å². The molecule has 0 amide bonds. The molecule has 0 fully saturated rings. The molecule has 2 rings (SSSR count). The van der Waals surface area contributed by atoms with E-state index >= 15 is 0 Å². The fraction of sp³-hybridized carbons (Fsp3) is 0.118. The summed E-state index contributed by atoms with van der Waals surface area (Å²) < 4.78 is 2.76. The van der Waals surface area contributed by atoms with E-state index in [0.717, 1.165) is 11.1 Å². The maximum absolute atomic E-state index is 12.5. The van der Waals surface area contributed by atoms with Crippen LogP contribution in [0, 0.1) is 0 Å². The standard InChI is InChI=1S/C17H14O.Mn/c1-13(2)17(18)16(14-9-5-3-6-10-14)15-11-7-4-8-12-15;/h3-12,16H,1H3;. The third-order valence-electron chi connectivity index (χ3n) is 3.04. The van der Waals surface area contributed by atoms with Crippen LogP contribution in [0.2, 0.25) is 0 Å². The van der Waals surface area contributed by atoms with Gasteiger partial charge in [-0.1, -0.05) is 0 Å². The van der Waals surface area contributed by atoms with Crippen molar-refractivity contribution in [2.45, 2.75) is 12.8 Å². The number of allylic oxidation sites excluding steroid dienone is 1. The van der Waals surface area contributed by atoms with E-state index < -0.39 is 0 Å². The molecule has 0 aromatic heterocycles. The van der Waals surface area contributed by atoms with Gasteiger partial charge in [0.25, 0.3) is 0 Å². The van der Waals surface area contributed by atoms with Crippen molar-refractivity contribution in [2.75, 3.05) is 0 Å². The summed E-state index contributed by atoms with van der Waals surface area (Å²) in [5.41, 5.74) is 2.60. The third kappa shape index (κ3) is 3.19. The molecule has 1 nitrogen and oxygen atoms in total. The molecule has 2 aromatic rings. The molecule has 0 aliphatic heterocycles. The van der Waals surface area contributed by atoms with Gasteiger partial charge < -0.3 is 0 Å². The van der Waals surface area contributed by atoms with Crippen LogP contribution in [0.25, 0.3) is 0 Å². The van der Waals surface area contributed by atoms with E-state index in [2.05, 4.69) is 20.2 Å². The van der Waals surface area contributed by atoms with Gasteiger partial charge in [0.15, 0.2) is 0 Å². The van der Waals surface area contributed by atoms with Crippen molar-refractivity contribution in [3.63, 3.8) is 0 Å². The molecular weight excluding hydrogens is 275 g/mol. The Kier molecular flexibility index (Phi) is 4.65. The second-order valence-electron chi connectivity index (χ2n) is 4.34. The quantitative estimate of drug-likeness (QED) is 0.623. The molecule has 2 heteroatoms. The number of ketones is 1. The van der Waals surface area contributed by atoms with Crippen LogP contribution in [0.1, 0.15) is 24.0 Å².